The zero-order chi connectivity index (χ0) is 11.4. The van der Waals surface area contributed by atoms with Crippen molar-refractivity contribution in [2.45, 2.75) is 31.7 Å². The first kappa shape index (κ1) is 11.6. The molecule has 1 aromatic rings. The minimum atomic E-state index is -0.499. The van der Waals surface area contributed by atoms with Gasteiger partial charge in [-0.3, -0.25) is 4.79 Å². The van der Waals surface area contributed by atoms with Crippen LogP contribution in [0.15, 0.2) is 17.5 Å². The Hall–Kier alpha value is -0.870. The van der Waals surface area contributed by atoms with Gasteiger partial charge in [0.05, 0.1) is 0 Å². The van der Waals surface area contributed by atoms with Crippen LogP contribution in [0.1, 0.15) is 36.6 Å². The number of carbonyl (C=O) groups is 1. The molecule has 0 bridgehead atoms. The van der Waals surface area contributed by atoms with E-state index in [-0.39, 0.29) is 5.91 Å². The van der Waals surface area contributed by atoms with Crippen molar-refractivity contribution in [3.8, 4) is 0 Å². The van der Waals surface area contributed by atoms with E-state index in [0.717, 1.165) is 11.4 Å². The van der Waals surface area contributed by atoms with Crippen molar-refractivity contribution in [1.82, 2.24) is 5.32 Å². The maximum absolute atomic E-state index is 11.8. The maximum atomic E-state index is 11.8. The molecule has 0 aliphatic heterocycles. The Kier molecular flexibility index (Phi) is 3.96. The zero-order valence-corrected chi connectivity index (χ0v) is 10.1. The molecular weight excluding hydrogens is 220 g/mol. The van der Waals surface area contributed by atoms with Gasteiger partial charge in [0.2, 0.25) is 5.91 Å². The molecule has 1 heterocycles. The minimum absolute atomic E-state index is 0.0469. The van der Waals surface area contributed by atoms with Crippen molar-refractivity contribution in [3.63, 3.8) is 0 Å². The van der Waals surface area contributed by atoms with Crippen molar-refractivity contribution < 1.29 is 4.79 Å². The number of hydrogen-bond acceptors (Lipinski definition) is 3. The molecule has 1 unspecified atom stereocenters. The lowest BCUT2D eigenvalue weighted by Gasteiger charge is -2.13. The number of thiophene rings is 1. The molecule has 88 valence electrons. The fraction of sp³-hybridized carbons (Fsp3) is 0.583. The molecule has 0 spiro atoms. The van der Waals surface area contributed by atoms with Crippen LogP contribution in [0, 0.1) is 5.92 Å². The SMILES string of the molecule is NC(C(=O)NCC1CCCC1)c1cccs1. The van der Waals surface area contributed by atoms with Crippen LogP contribution in [0.2, 0.25) is 0 Å². The van der Waals surface area contributed by atoms with E-state index in [4.69, 9.17) is 5.73 Å². The highest BCUT2D eigenvalue weighted by Gasteiger charge is 2.19. The second kappa shape index (κ2) is 5.46. The van der Waals surface area contributed by atoms with E-state index in [2.05, 4.69) is 5.32 Å². The normalized spacial score (nSPS) is 18.6. The molecule has 3 nitrogen and oxygen atoms in total. The summed E-state index contributed by atoms with van der Waals surface area (Å²) >= 11 is 1.53. The highest BCUT2D eigenvalue weighted by atomic mass is 32.1. The first-order valence-corrected chi connectivity index (χ1v) is 6.72. The summed E-state index contributed by atoms with van der Waals surface area (Å²) in [7, 11) is 0. The maximum Gasteiger partial charge on any atom is 0.242 e. The Morgan fingerprint density at radius 1 is 1.56 bits per heavy atom. The van der Waals surface area contributed by atoms with Gasteiger partial charge in [0.15, 0.2) is 0 Å². The Morgan fingerprint density at radius 2 is 2.31 bits per heavy atom. The number of hydrogen-bond donors (Lipinski definition) is 2. The topological polar surface area (TPSA) is 55.1 Å². The molecule has 2 rings (SSSR count). The monoisotopic (exact) mass is 238 g/mol. The van der Waals surface area contributed by atoms with E-state index in [0.29, 0.717) is 5.92 Å². The molecule has 0 aromatic carbocycles. The lowest BCUT2D eigenvalue weighted by molar-refractivity contribution is -0.122. The Balaban J connectivity index is 1.79. The van der Waals surface area contributed by atoms with E-state index in [1.807, 2.05) is 17.5 Å². The lowest BCUT2D eigenvalue weighted by Crippen LogP contribution is -2.36. The summed E-state index contributed by atoms with van der Waals surface area (Å²) in [5.74, 6) is 0.619. The average Bonchev–Trinajstić information content (AvgIpc) is 2.96. The summed E-state index contributed by atoms with van der Waals surface area (Å²) in [6.07, 6.45) is 5.10. The molecule has 1 amide bonds. The van der Waals surface area contributed by atoms with Crippen LogP contribution >= 0.6 is 11.3 Å². The van der Waals surface area contributed by atoms with Gasteiger partial charge in [-0.25, -0.2) is 0 Å². The predicted octanol–water partition coefficient (Wildman–Crippen LogP) is 2.05. The summed E-state index contributed by atoms with van der Waals surface area (Å²) < 4.78 is 0. The smallest absolute Gasteiger partial charge is 0.242 e. The Morgan fingerprint density at radius 3 is 2.94 bits per heavy atom. The summed E-state index contributed by atoms with van der Waals surface area (Å²) in [5, 5.41) is 4.90. The first-order chi connectivity index (χ1) is 7.77. The van der Waals surface area contributed by atoms with E-state index in [9.17, 15) is 4.79 Å². The summed E-state index contributed by atoms with van der Waals surface area (Å²) in [4.78, 5) is 12.7. The molecule has 1 fully saturated rings. The lowest BCUT2D eigenvalue weighted by atomic mass is 10.1. The molecule has 4 heteroatoms. The van der Waals surface area contributed by atoms with Crippen LogP contribution in [0.3, 0.4) is 0 Å². The Labute approximate surface area is 100 Å². The van der Waals surface area contributed by atoms with Gasteiger partial charge < -0.3 is 11.1 Å². The van der Waals surface area contributed by atoms with Crippen LogP contribution < -0.4 is 11.1 Å². The number of nitrogens with one attached hydrogen (secondary N) is 1. The molecular formula is C12H18N2OS. The third kappa shape index (κ3) is 2.83. The Bertz CT molecular complexity index is 331. The highest BCUT2D eigenvalue weighted by molar-refractivity contribution is 7.10. The van der Waals surface area contributed by atoms with Crippen LogP contribution in [0.4, 0.5) is 0 Å². The summed E-state index contributed by atoms with van der Waals surface area (Å²) in [6, 6.07) is 3.33. The van der Waals surface area contributed by atoms with E-state index >= 15 is 0 Å². The second-order valence-corrected chi connectivity index (χ2v) is 5.37. The predicted molar refractivity (Wildman–Crippen MR) is 66.2 cm³/mol. The molecule has 1 aliphatic rings. The number of amides is 1. The second-order valence-electron chi connectivity index (χ2n) is 4.39. The molecule has 0 saturated heterocycles. The number of rotatable bonds is 4. The highest BCUT2D eigenvalue weighted by Crippen LogP contribution is 2.24. The third-order valence-corrected chi connectivity index (χ3v) is 4.13. The molecule has 3 N–H and O–H groups in total. The molecule has 1 aliphatic carbocycles. The van der Waals surface area contributed by atoms with E-state index < -0.39 is 6.04 Å². The minimum Gasteiger partial charge on any atom is -0.354 e. The van der Waals surface area contributed by atoms with Gasteiger partial charge in [-0.15, -0.1) is 11.3 Å². The van der Waals surface area contributed by atoms with Crippen LogP contribution in [0.5, 0.6) is 0 Å². The molecule has 1 aromatic heterocycles. The summed E-state index contributed by atoms with van der Waals surface area (Å²) in [5.41, 5.74) is 5.87. The average molecular weight is 238 g/mol. The fourth-order valence-electron chi connectivity index (χ4n) is 2.17. The third-order valence-electron chi connectivity index (χ3n) is 3.17. The number of nitrogens with two attached hydrogens (primary N) is 1. The van der Waals surface area contributed by atoms with Gasteiger partial charge in [0.25, 0.3) is 0 Å². The van der Waals surface area contributed by atoms with Gasteiger partial charge >= 0.3 is 0 Å². The largest absolute Gasteiger partial charge is 0.354 e. The van der Waals surface area contributed by atoms with Gasteiger partial charge in [-0.2, -0.15) is 0 Å². The van der Waals surface area contributed by atoms with E-state index in [1.165, 1.54) is 37.0 Å². The van der Waals surface area contributed by atoms with Crippen molar-refractivity contribution in [2.75, 3.05) is 6.54 Å². The van der Waals surface area contributed by atoms with Crippen molar-refractivity contribution in [2.24, 2.45) is 11.7 Å². The van der Waals surface area contributed by atoms with Crippen molar-refractivity contribution in [3.05, 3.63) is 22.4 Å². The van der Waals surface area contributed by atoms with Gasteiger partial charge in [-0.1, -0.05) is 18.9 Å². The van der Waals surface area contributed by atoms with Gasteiger partial charge in [-0.05, 0) is 30.2 Å². The van der Waals surface area contributed by atoms with Crippen LogP contribution in [-0.4, -0.2) is 12.5 Å². The van der Waals surface area contributed by atoms with E-state index in [1.54, 1.807) is 0 Å². The van der Waals surface area contributed by atoms with Gasteiger partial charge in [0, 0.05) is 11.4 Å². The molecule has 16 heavy (non-hydrogen) atoms. The van der Waals surface area contributed by atoms with Crippen LogP contribution in [-0.2, 0) is 4.79 Å². The fourth-order valence-corrected chi connectivity index (χ4v) is 2.89. The molecule has 1 atom stereocenters. The standard InChI is InChI=1S/C12H18N2OS/c13-11(10-6-3-7-16-10)12(15)14-8-9-4-1-2-5-9/h3,6-7,9,11H,1-2,4-5,8,13H2,(H,14,15). The quantitative estimate of drug-likeness (QED) is 0.843. The van der Waals surface area contributed by atoms with Gasteiger partial charge in [0.1, 0.15) is 6.04 Å². The molecule has 1 saturated carbocycles. The van der Waals surface area contributed by atoms with Crippen LogP contribution in [0.25, 0.3) is 0 Å². The first-order valence-electron chi connectivity index (χ1n) is 5.84. The number of carbonyl (C=O) groups excluding carboxylic acids is 1. The van der Waals surface area contributed by atoms with Crippen molar-refractivity contribution >= 4 is 17.2 Å². The summed E-state index contributed by atoms with van der Waals surface area (Å²) in [6.45, 7) is 0.790. The van der Waals surface area contributed by atoms with Crippen molar-refractivity contribution in [1.29, 1.82) is 0 Å². The molecule has 0 radical (unpaired) electrons. The zero-order valence-electron chi connectivity index (χ0n) is 9.32.